The molecule has 2 unspecified atom stereocenters. The zero-order valence-electron chi connectivity index (χ0n) is 38.9. The molecule has 0 saturated carbocycles. The number of aldehydes is 2. The van der Waals surface area contributed by atoms with Gasteiger partial charge < -0.3 is 61.3 Å². The number of nitrogens with one attached hydrogen (secondary N) is 5. The Morgan fingerprint density at radius 2 is 1.65 bits per heavy atom. The van der Waals surface area contributed by atoms with E-state index in [1.165, 1.54) is 38.0 Å². The van der Waals surface area contributed by atoms with E-state index in [0.29, 0.717) is 60.4 Å². The summed E-state index contributed by atoms with van der Waals surface area (Å²) >= 11 is 0. The monoisotopic (exact) mass is 948 g/mol. The van der Waals surface area contributed by atoms with Crippen LogP contribution >= 0.6 is 0 Å². The number of ketones is 1. The van der Waals surface area contributed by atoms with Crippen LogP contribution in [-0.2, 0) is 54.9 Å². The van der Waals surface area contributed by atoms with E-state index in [1.54, 1.807) is 41.5 Å². The largest absolute Gasteiger partial charge is 0.493 e. The predicted octanol–water partition coefficient (Wildman–Crippen LogP) is 0.838. The fourth-order valence-corrected chi connectivity index (χ4v) is 7.68. The molecule has 6 rings (SSSR count). The number of likely N-dealkylation sites (N-methyl/N-ethyl adjacent to an activating group) is 2. The number of ether oxygens (including phenoxy) is 2. The lowest BCUT2D eigenvalue weighted by molar-refractivity contribution is -0.144. The second-order valence-corrected chi connectivity index (χ2v) is 16.4. The highest BCUT2D eigenvalue weighted by atomic mass is 19.3. The molecule has 3 aromatic carbocycles. The number of carbonyl (C=O) groups is 7. The van der Waals surface area contributed by atoms with Crippen LogP contribution in [0.3, 0.4) is 0 Å². The average Bonchev–Trinajstić information content (AvgIpc) is 4.00. The maximum Gasteiger partial charge on any atom is 0.289 e. The zero-order valence-corrected chi connectivity index (χ0v) is 38.9. The van der Waals surface area contributed by atoms with Gasteiger partial charge >= 0.3 is 0 Å². The van der Waals surface area contributed by atoms with Crippen LogP contribution < -0.4 is 47.6 Å². The van der Waals surface area contributed by atoms with Gasteiger partial charge in [-0.25, -0.2) is 14.6 Å². The number of alkyl halides is 2. The number of amides is 4. The molecule has 0 aliphatic carbocycles. The number of rotatable bonds is 19. The maximum atomic E-state index is 13.8. The molecule has 3 aliphatic heterocycles. The summed E-state index contributed by atoms with van der Waals surface area (Å²) in [7, 11) is 8.39. The molecule has 2 fully saturated rings. The molecule has 9 N–H and O–H groups in total. The third kappa shape index (κ3) is 15.4. The first-order valence-corrected chi connectivity index (χ1v) is 21.8. The molecule has 21 heteroatoms. The quantitative estimate of drug-likeness (QED) is 0.0289. The van der Waals surface area contributed by atoms with Crippen LogP contribution in [0.15, 0.2) is 66.9 Å². The van der Waals surface area contributed by atoms with E-state index in [9.17, 15) is 42.3 Å². The fraction of sp³-hybridized carbons (Fsp3) is 0.426. The SMILES string of the molecule is CNCC(=O)N1CC(F)(F)CC1C(=O)C(=O)NCc1ccc(OC)c(OC)c1.CNCCNC(=O)c1ccc(/C(N)=C/N(N)Cc2cccc3c2CN(C)C3)cc1.O=CC[C@@H]1CC(C=O)NC1=O. The van der Waals surface area contributed by atoms with E-state index in [2.05, 4.69) is 56.7 Å². The van der Waals surface area contributed by atoms with Crippen LogP contribution in [0.25, 0.3) is 5.70 Å². The number of carbonyl (C=O) groups excluding carboxylic acids is 7. The predicted molar refractivity (Wildman–Crippen MR) is 248 cm³/mol. The number of methoxy groups -OCH3 is 2. The van der Waals surface area contributed by atoms with Gasteiger partial charge in [0.2, 0.25) is 17.6 Å². The van der Waals surface area contributed by atoms with Gasteiger partial charge in [-0.05, 0) is 79.6 Å². The molecule has 0 spiro atoms. The topological polar surface area (TPSA) is 260 Å². The number of likely N-dealkylation sites (tertiary alicyclic amines) is 1. The van der Waals surface area contributed by atoms with Crippen LogP contribution in [-0.4, -0.2) is 136 Å². The van der Waals surface area contributed by atoms with Crippen molar-refractivity contribution in [2.45, 2.75) is 63.4 Å². The van der Waals surface area contributed by atoms with Crippen LogP contribution in [0.5, 0.6) is 11.5 Å². The molecule has 3 aromatic rings. The van der Waals surface area contributed by atoms with Gasteiger partial charge in [-0.1, -0.05) is 36.4 Å². The Kier molecular flexibility index (Phi) is 20.5. The van der Waals surface area contributed by atoms with Crippen LogP contribution in [0.1, 0.15) is 57.4 Å². The van der Waals surface area contributed by atoms with E-state index in [1.807, 2.05) is 19.2 Å². The summed E-state index contributed by atoms with van der Waals surface area (Å²) in [4.78, 5) is 82.9. The van der Waals surface area contributed by atoms with E-state index in [0.717, 1.165) is 30.1 Å². The highest BCUT2D eigenvalue weighted by molar-refractivity contribution is 6.38. The minimum Gasteiger partial charge on any atom is -0.493 e. The van der Waals surface area contributed by atoms with Gasteiger partial charge in [-0.3, -0.25) is 28.9 Å². The lowest BCUT2D eigenvalue weighted by Gasteiger charge is -2.22. The first-order valence-electron chi connectivity index (χ1n) is 21.8. The Hall–Kier alpha value is -6.81. The van der Waals surface area contributed by atoms with Crippen molar-refractivity contribution < 1.29 is 51.8 Å². The van der Waals surface area contributed by atoms with Gasteiger partial charge in [-0.2, -0.15) is 0 Å². The van der Waals surface area contributed by atoms with Gasteiger partial charge in [0, 0.05) is 63.2 Å². The molecular formula is C47H62F2N10O9. The molecule has 4 amide bonds. The number of hydrogen-bond acceptors (Lipinski definition) is 15. The Morgan fingerprint density at radius 3 is 2.28 bits per heavy atom. The second-order valence-electron chi connectivity index (χ2n) is 16.4. The molecule has 0 aromatic heterocycles. The van der Waals surface area contributed by atoms with Crippen molar-refractivity contribution in [2.24, 2.45) is 17.5 Å². The molecule has 3 heterocycles. The third-order valence-electron chi connectivity index (χ3n) is 11.2. The smallest absolute Gasteiger partial charge is 0.289 e. The van der Waals surface area contributed by atoms with Crippen molar-refractivity contribution in [2.75, 3.05) is 61.5 Å². The molecule has 68 heavy (non-hydrogen) atoms. The highest BCUT2D eigenvalue weighted by Crippen LogP contribution is 2.33. The second kappa shape index (κ2) is 25.9. The first kappa shape index (κ1) is 53.8. The molecule has 0 bridgehead atoms. The molecule has 0 radical (unpaired) electrons. The Labute approximate surface area is 394 Å². The zero-order chi connectivity index (χ0) is 50.0. The van der Waals surface area contributed by atoms with E-state index >= 15 is 0 Å². The summed E-state index contributed by atoms with van der Waals surface area (Å²) in [6.45, 7) is 2.71. The number of nitrogens with zero attached hydrogens (tertiary/aromatic N) is 3. The number of fused-ring (bicyclic) bond motifs is 1. The number of halogens is 2. The highest BCUT2D eigenvalue weighted by Gasteiger charge is 2.51. The van der Waals surface area contributed by atoms with Crippen molar-refractivity contribution in [3.8, 4) is 11.5 Å². The number of nitrogens with two attached hydrogens (primary N) is 2. The molecule has 3 atom stereocenters. The van der Waals surface area contributed by atoms with E-state index in [-0.39, 0.29) is 43.3 Å². The number of Topliss-reactive ketones (excluding diaryl/α,β-unsaturated/α-hetero) is 1. The van der Waals surface area contributed by atoms with Crippen LogP contribution in [0.2, 0.25) is 0 Å². The van der Waals surface area contributed by atoms with Crippen LogP contribution in [0.4, 0.5) is 8.78 Å². The van der Waals surface area contributed by atoms with Crippen molar-refractivity contribution >= 4 is 47.7 Å². The summed E-state index contributed by atoms with van der Waals surface area (Å²) in [5.41, 5.74) is 12.8. The summed E-state index contributed by atoms with van der Waals surface area (Å²) < 4.78 is 37.8. The number of hydrogen-bond donors (Lipinski definition) is 7. The summed E-state index contributed by atoms with van der Waals surface area (Å²) in [6.07, 6.45) is 2.95. The first-order chi connectivity index (χ1) is 32.5. The lowest BCUT2D eigenvalue weighted by Crippen LogP contribution is -2.48. The van der Waals surface area contributed by atoms with Gasteiger partial charge in [-0.15, -0.1) is 0 Å². The molecule has 2 saturated heterocycles. The fourth-order valence-electron chi connectivity index (χ4n) is 7.68. The molecule has 3 aliphatic rings. The normalized spacial score (nSPS) is 18.1. The average molecular weight is 949 g/mol. The molecular weight excluding hydrogens is 887 g/mol. The van der Waals surface area contributed by atoms with Crippen molar-refractivity contribution in [1.29, 1.82) is 0 Å². The van der Waals surface area contributed by atoms with Crippen LogP contribution in [0, 0.1) is 5.92 Å². The minimum absolute atomic E-state index is 0.0154. The maximum absolute atomic E-state index is 13.8. The van der Waals surface area contributed by atoms with Crippen molar-refractivity contribution in [3.05, 3.63) is 100 Å². The molecule has 19 nitrogen and oxygen atoms in total. The summed E-state index contributed by atoms with van der Waals surface area (Å²) in [6, 6.07) is 16.6. The third-order valence-corrected chi connectivity index (χ3v) is 11.2. The van der Waals surface area contributed by atoms with Crippen molar-refractivity contribution in [3.63, 3.8) is 0 Å². The Balaban J connectivity index is 0.000000243. The van der Waals surface area contributed by atoms with Gasteiger partial charge in [0.25, 0.3) is 17.7 Å². The lowest BCUT2D eigenvalue weighted by atomic mass is 10.0. The minimum atomic E-state index is -3.21. The van der Waals surface area contributed by atoms with Gasteiger partial charge in [0.1, 0.15) is 18.6 Å². The number of hydrazine groups is 1. The van der Waals surface area contributed by atoms with Gasteiger partial charge in [0.15, 0.2) is 11.5 Å². The Morgan fingerprint density at radius 1 is 0.941 bits per heavy atom. The van der Waals surface area contributed by atoms with E-state index in [4.69, 9.17) is 21.1 Å². The van der Waals surface area contributed by atoms with Crippen molar-refractivity contribution in [1.82, 2.24) is 41.4 Å². The Bertz CT molecular complexity index is 2280. The summed E-state index contributed by atoms with van der Waals surface area (Å²) in [5, 5.41) is 14.9. The molecule has 368 valence electrons. The standard InChI is InChI=1S/C22H30N6O.C18H23F2N3O5.C7H9NO3/c1-25-10-11-26-22(29)17-8-6-16(7-9-17)21(23)15-28(24)13-19-5-3-4-18-12-27(2)14-20(18)19;1-21-9-15(24)23-10-18(19,20)7-12(23)16(25)17(26)22-8-11-4-5-13(27-2)14(6-11)28-3;9-2-1-5-3-6(4-10)8-7(5)11/h3-9,15,25H,10-14,23-24H2,1-2H3,(H,26,29);4-6,12,21H,7-10H2,1-3H3,(H,22,26);2,4-6H,1,3H2,(H,8,11)/b21-15-;;/t;;5-,6?/m..1/s1. The van der Waals surface area contributed by atoms with E-state index < -0.39 is 42.5 Å². The van der Waals surface area contributed by atoms with Gasteiger partial charge in [0.05, 0.1) is 45.6 Å². The number of benzene rings is 3. The summed E-state index contributed by atoms with van der Waals surface area (Å²) in [5.74, 6) is 0.611.